The Morgan fingerprint density at radius 1 is 1.07 bits per heavy atom. The van der Waals surface area contributed by atoms with Gasteiger partial charge in [-0.3, -0.25) is 4.79 Å². The van der Waals surface area contributed by atoms with Gasteiger partial charge < -0.3 is 42.7 Å². The lowest BCUT2D eigenvalue weighted by molar-refractivity contribution is -0.223. The Labute approximate surface area is 165 Å². The van der Waals surface area contributed by atoms with E-state index >= 15 is 0 Å². The molecule has 0 aromatic heterocycles. The number of carbonyl (C=O) groups excluding carboxylic acids is 3. The summed E-state index contributed by atoms with van der Waals surface area (Å²) in [6.45, 7) is 5.94. The predicted molar refractivity (Wildman–Crippen MR) is 103 cm³/mol. The van der Waals surface area contributed by atoms with Crippen LogP contribution in [0.5, 0.6) is 0 Å². The number of hydrogen-bond donors (Lipinski definition) is 6. The molecule has 4 amide bonds. The van der Waals surface area contributed by atoms with Crippen LogP contribution in [0.15, 0.2) is 0 Å². The highest BCUT2D eigenvalue weighted by molar-refractivity contribution is 5.86. The number of urea groups is 1. The number of unbranched alkanes of at least 4 members (excludes halogenated alkanes) is 1. The molecule has 162 valence electrons. The van der Waals surface area contributed by atoms with Gasteiger partial charge >= 0.3 is 12.1 Å². The van der Waals surface area contributed by atoms with E-state index in [-0.39, 0.29) is 6.42 Å². The smallest absolute Gasteiger partial charge is 0.407 e. The summed E-state index contributed by atoms with van der Waals surface area (Å²) in [6.07, 6.45) is 1.57. The Hall–Kier alpha value is -2.56. The van der Waals surface area contributed by atoms with Crippen LogP contribution in [0.2, 0.25) is 0 Å². The molecule has 0 fully saturated rings. The maximum absolute atomic E-state index is 12.0. The van der Waals surface area contributed by atoms with Crippen molar-refractivity contribution in [2.45, 2.75) is 70.6 Å². The summed E-state index contributed by atoms with van der Waals surface area (Å²) in [6, 6.07) is -2.46. The molecular weight excluding hydrogens is 368 g/mol. The van der Waals surface area contributed by atoms with Crippen molar-refractivity contribution in [3.8, 4) is 0 Å². The van der Waals surface area contributed by atoms with Crippen molar-refractivity contribution < 1.29 is 24.2 Å². The number of amides is 4. The zero-order valence-corrected chi connectivity index (χ0v) is 16.8. The van der Waals surface area contributed by atoms with Gasteiger partial charge in [-0.05, 0) is 58.8 Å². The molecular formula is C17H33N6O5-. The first kappa shape index (κ1) is 25.4. The molecule has 0 aliphatic heterocycles. The van der Waals surface area contributed by atoms with Gasteiger partial charge in [0.15, 0.2) is 0 Å². The molecule has 28 heavy (non-hydrogen) atoms. The minimum Gasteiger partial charge on any atom is -0.861 e. The molecule has 0 aliphatic rings. The quantitative estimate of drug-likeness (QED) is 0.142. The summed E-state index contributed by atoms with van der Waals surface area (Å²) in [5.74, 6) is -1.44. The number of ether oxygens (including phenoxy) is 1. The van der Waals surface area contributed by atoms with Crippen molar-refractivity contribution in [3.63, 3.8) is 0 Å². The van der Waals surface area contributed by atoms with Crippen molar-refractivity contribution >= 4 is 23.9 Å². The standard InChI is InChI=1S/C17H34N6O5/c1-17(2,3)28-16(27)22-9-5-4-8-12(13(19)24)23-14(25)11(18)7-6-10-21-15(20)26/h11-12H,4-10,18H2,1-3H3,(H2,19,24)(H,22,27)(H,23,25)(H3,20,21,26)/p-1/t11-,12-/m0/s1. The lowest BCUT2D eigenvalue weighted by Gasteiger charge is -2.24. The normalized spacial score (nSPS) is 13.1. The molecule has 0 saturated heterocycles. The van der Waals surface area contributed by atoms with Gasteiger partial charge in [0.1, 0.15) is 5.60 Å². The Bertz CT molecular complexity index is 535. The number of alkyl carbamates (subject to hydrolysis) is 1. The molecule has 0 aromatic rings. The number of nitrogens with one attached hydrogen (secondary N) is 4. The van der Waals surface area contributed by atoms with E-state index in [1.807, 2.05) is 0 Å². The Balaban J connectivity index is 4.14. The van der Waals surface area contributed by atoms with Crippen LogP contribution in [-0.2, 0) is 9.53 Å². The summed E-state index contributed by atoms with van der Waals surface area (Å²) in [5.41, 5.74) is 10.1. The highest BCUT2D eigenvalue weighted by Crippen LogP contribution is 2.07. The monoisotopic (exact) mass is 401 g/mol. The van der Waals surface area contributed by atoms with Crippen LogP contribution in [0.1, 0.15) is 52.9 Å². The predicted octanol–water partition coefficient (Wildman–Crippen LogP) is -0.720. The minimum atomic E-state index is -0.955. The van der Waals surface area contributed by atoms with Crippen molar-refractivity contribution in [3.05, 3.63) is 0 Å². The fraction of sp³-hybridized carbons (Fsp3) is 0.765. The third-order valence-electron chi connectivity index (χ3n) is 3.55. The molecule has 0 saturated carbocycles. The zero-order chi connectivity index (χ0) is 21.7. The van der Waals surface area contributed by atoms with Gasteiger partial charge in [-0.25, -0.2) is 9.59 Å². The topological polar surface area (TPSA) is 195 Å². The molecule has 0 rings (SSSR count). The van der Waals surface area contributed by atoms with Crippen LogP contribution in [0.4, 0.5) is 9.59 Å². The van der Waals surface area contributed by atoms with Gasteiger partial charge in [0.05, 0.1) is 12.1 Å². The second-order valence-electron chi connectivity index (χ2n) is 7.39. The first-order valence-corrected chi connectivity index (χ1v) is 9.24. The molecule has 0 radical (unpaired) electrons. The van der Waals surface area contributed by atoms with E-state index < -0.39 is 41.6 Å². The van der Waals surface area contributed by atoms with Crippen molar-refractivity contribution in [2.24, 2.45) is 11.5 Å². The summed E-state index contributed by atoms with van der Waals surface area (Å²) >= 11 is 0. The lowest BCUT2D eigenvalue weighted by atomic mass is 10.1. The molecule has 0 spiro atoms. The third-order valence-corrected chi connectivity index (χ3v) is 3.55. The highest BCUT2D eigenvalue weighted by atomic mass is 16.6. The molecule has 2 atom stereocenters. The number of primary amides is 1. The third kappa shape index (κ3) is 13.6. The van der Waals surface area contributed by atoms with E-state index in [1.54, 1.807) is 20.8 Å². The van der Waals surface area contributed by atoms with Crippen molar-refractivity contribution in [1.82, 2.24) is 16.0 Å². The van der Waals surface area contributed by atoms with Crippen LogP contribution < -0.4 is 32.5 Å². The fourth-order valence-electron chi connectivity index (χ4n) is 2.19. The minimum absolute atomic E-state index is 0.264. The Morgan fingerprint density at radius 3 is 2.21 bits per heavy atom. The average Bonchev–Trinajstić information content (AvgIpc) is 2.54. The Kier molecular flexibility index (Phi) is 11.6. The van der Waals surface area contributed by atoms with Crippen LogP contribution in [0, 0.1) is 5.41 Å². The lowest BCUT2D eigenvalue weighted by Crippen LogP contribution is -2.51. The maximum atomic E-state index is 12.0. The first-order chi connectivity index (χ1) is 12.9. The van der Waals surface area contributed by atoms with Gasteiger partial charge in [-0.1, -0.05) is 0 Å². The van der Waals surface area contributed by atoms with Crippen molar-refractivity contribution in [2.75, 3.05) is 13.1 Å². The molecule has 0 heterocycles. The van der Waals surface area contributed by atoms with E-state index in [0.717, 1.165) is 0 Å². The van der Waals surface area contributed by atoms with E-state index in [2.05, 4.69) is 16.0 Å². The number of nitrogens with two attached hydrogens (primary N) is 2. The first-order valence-electron chi connectivity index (χ1n) is 9.24. The van der Waals surface area contributed by atoms with Gasteiger partial charge in [-0.2, -0.15) is 0 Å². The molecule has 0 bridgehead atoms. The van der Waals surface area contributed by atoms with Crippen molar-refractivity contribution in [1.29, 1.82) is 5.41 Å². The molecule has 0 aromatic carbocycles. The number of hydrogen-bond acceptors (Lipinski definition) is 7. The van der Waals surface area contributed by atoms with Gasteiger partial charge in [0.2, 0.25) is 5.91 Å². The van der Waals surface area contributed by atoms with Crippen LogP contribution in [-0.4, -0.2) is 54.7 Å². The number of carbonyl (C=O) groups is 3. The SMILES string of the molecule is CC(C)(C)OC(=O)NCCCC[C@H](NC(=O)[C@@H](N)CCCNC(N)=O)C(=N)[O-]. The second-order valence-corrected chi connectivity index (χ2v) is 7.39. The second kappa shape index (κ2) is 12.8. The van der Waals surface area contributed by atoms with Crippen LogP contribution >= 0.6 is 0 Å². The summed E-state index contributed by atoms with van der Waals surface area (Å²) in [4.78, 5) is 34.1. The fourth-order valence-corrected chi connectivity index (χ4v) is 2.19. The highest BCUT2D eigenvalue weighted by Gasteiger charge is 2.18. The van der Waals surface area contributed by atoms with Gasteiger partial charge in [-0.15, -0.1) is 0 Å². The molecule has 0 unspecified atom stereocenters. The van der Waals surface area contributed by atoms with E-state index in [0.29, 0.717) is 38.8 Å². The van der Waals surface area contributed by atoms with Gasteiger partial charge in [0.25, 0.3) is 0 Å². The van der Waals surface area contributed by atoms with E-state index in [9.17, 15) is 19.5 Å². The molecule has 11 heteroatoms. The summed E-state index contributed by atoms with van der Waals surface area (Å²) in [7, 11) is 0. The average molecular weight is 401 g/mol. The van der Waals surface area contributed by atoms with Crippen LogP contribution in [0.25, 0.3) is 0 Å². The number of rotatable bonds is 12. The summed E-state index contributed by atoms with van der Waals surface area (Å²) < 4.78 is 5.10. The van der Waals surface area contributed by atoms with Gasteiger partial charge in [0, 0.05) is 13.1 Å². The summed E-state index contributed by atoms with van der Waals surface area (Å²) in [5, 5.41) is 26.2. The van der Waals surface area contributed by atoms with E-state index in [4.69, 9.17) is 21.6 Å². The van der Waals surface area contributed by atoms with E-state index in [1.165, 1.54) is 0 Å². The Morgan fingerprint density at radius 2 is 1.68 bits per heavy atom. The van der Waals surface area contributed by atoms with Crippen LogP contribution in [0.3, 0.4) is 0 Å². The maximum Gasteiger partial charge on any atom is 0.407 e. The molecule has 11 nitrogen and oxygen atoms in total. The zero-order valence-electron chi connectivity index (χ0n) is 16.8. The molecule has 8 N–H and O–H groups in total. The largest absolute Gasteiger partial charge is 0.861 e. The molecule has 0 aliphatic carbocycles.